The quantitative estimate of drug-likeness (QED) is 0.391. The first-order valence-corrected chi connectivity index (χ1v) is 13.0. The monoisotopic (exact) mass is 497 g/mol. The van der Waals surface area contributed by atoms with Gasteiger partial charge in [0.2, 0.25) is 0 Å². The molecule has 0 bridgehead atoms. The number of carbonyl (C=O) groups excluding carboxylic acids is 1. The molecule has 4 heterocycles. The third-order valence-corrected chi connectivity index (χ3v) is 7.22. The molecule has 3 aromatic heterocycles. The average molecular weight is 498 g/mol. The summed E-state index contributed by atoms with van der Waals surface area (Å²) >= 11 is 0. The molecule has 37 heavy (non-hydrogen) atoms. The van der Waals surface area contributed by atoms with Gasteiger partial charge in [-0.2, -0.15) is 5.10 Å². The van der Waals surface area contributed by atoms with Crippen molar-refractivity contribution in [3.63, 3.8) is 0 Å². The number of aromatic nitrogens is 4. The Labute approximate surface area is 218 Å². The van der Waals surface area contributed by atoms with E-state index in [1.54, 1.807) is 4.90 Å². The number of nitrogens with zero attached hydrogens (tertiary/aromatic N) is 5. The topological polar surface area (TPSA) is 88.0 Å². The highest BCUT2D eigenvalue weighted by Gasteiger charge is 2.21. The van der Waals surface area contributed by atoms with Crippen molar-refractivity contribution in [2.75, 3.05) is 25.5 Å². The highest BCUT2D eigenvalue weighted by molar-refractivity contribution is 6.07. The Morgan fingerprint density at radius 1 is 1.14 bits per heavy atom. The molecule has 1 unspecified atom stereocenters. The summed E-state index contributed by atoms with van der Waals surface area (Å²) in [5.74, 6) is -0.0494. The third kappa shape index (κ3) is 5.06. The van der Waals surface area contributed by atoms with Gasteiger partial charge in [0.15, 0.2) is 0 Å². The van der Waals surface area contributed by atoms with Crippen LogP contribution in [0.4, 0.5) is 5.69 Å². The zero-order valence-electron chi connectivity index (χ0n) is 22.3. The first kappa shape index (κ1) is 24.9. The van der Waals surface area contributed by atoms with Crippen molar-refractivity contribution in [1.82, 2.24) is 30.0 Å². The van der Waals surface area contributed by atoms with Gasteiger partial charge in [0, 0.05) is 49.4 Å². The van der Waals surface area contributed by atoms with Crippen LogP contribution in [-0.4, -0.2) is 56.7 Å². The van der Waals surface area contributed by atoms with E-state index in [9.17, 15) is 4.79 Å². The van der Waals surface area contributed by atoms with Gasteiger partial charge in [-0.15, -0.1) is 0 Å². The lowest BCUT2D eigenvalue weighted by Gasteiger charge is -2.19. The first-order valence-electron chi connectivity index (χ1n) is 13.0. The van der Waals surface area contributed by atoms with Crippen LogP contribution in [0.25, 0.3) is 22.3 Å². The van der Waals surface area contributed by atoms with Crippen LogP contribution < -0.4 is 10.6 Å². The smallest absolute Gasteiger partial charge is 0.254 e. The zero-order chi connectivity index (χ0) is 26.1. The Hall–Kier alpha value is -3.78. The van der Waals surface area contributed by atoms with Gasteiger partial charge in [0.25, 0.3) is 5.91 Å². The summed E-state index contributed by atoms with van der Waals surface area (Å²) in [6.07, 6.45) is 2.96. The van der Waals surface area contributed by atoms with Crippen molar-refractivity contribution in [3.8, 4) is 11.4 Å². The van der Waals surface area contributed by atoms with Crippen LogP contribution in [0.5, 0.6) is 0 Å². The molecule has 0 spiro atoms. The molecule has 1 aliphatic rings. The molecular formula is C29H35N7O. The van der Waals surface area contributed by atoms with Crippen LogP contribution in [0.3, 0.4) is 0 Å². The Morgan fingerprint density at radius 2 is 1.97 bits per heavy atom. The summed E-state index contributed by atoms with van der Waals surface area (Å²) < 4.78 is 1.95. The standard InChI is InChI=1S/C29H35N7O/c1-6-36-20(4)21(15-31-36)17-35(5)29(37)24-14-28(34-26-8-7-18(2)13-23(24)26)27-10-9-25(19(3)32-27)33-22-11-12-30-16-22/h7-10,13-15,22,30,33H,6,11-12,16-17H2,1-5H3. The maximum Gasteiger partial charge on any atom is 0.254 e. The van der Waals surface area contributed by atoms with Gasteiger partial charge in [-0.05, 0) is 71.0 Å². The maximum absolute atomic E-state index is 13.8. The average Bonchev–Trinajstić information content (AvgIpc) is 3.53. The summed E-state index contributed by atoms with van der Waals surface area (Å²) in [6, 6.07) is 12.4. The number of aryl methyl sites for hydroxylation is 3. The number of hydrogen-bond donors (Lipinski definition) is 2. The number of anilines is 1. The van der Waals surface area contributed by atoms with E-state index in [0.717, 1.165) is 70.9 Å². The van der Waals surface area contributed by atoms with Crippen molar-refractivity contribution in [2.24, 2.45) is 0 Å². The van der Waals surface area contributed by atoms with Gasteiger partial charge in [0.1, 0.15) is 0 Å². The minimum absolute atomic E-state index is 0.0494. The van der Waals surface area contributed by atoms with E-state index in [0.29, 0.717) is 23.8 Å². The van der Waals surface area contributed by atoms with Crippen LogP contribution in [0.15, 0.2) is 42.6 Å². The van der Waals surface area contributed by atoms with E-state index < -0.39 is 0 Å². The molecule has 0 radical (unpaired) electrons. The predicted molar refractivity (Wildman–Crippen MR) is 148 cm³/mol. The van der Waals surface area contributed by atoms with E-state index in [-0.39, 0.29) is 5.91 Å². The summed E-state index contributed by atoms with van der Waals surface area (Å²) in [7, 11) is 1.84. The lowest BCUT2D eigenvalue weighted by atomic mass is 10.0. The largest absolute Gasteiger partial charge is 0.380 e. The number of carbonyl (C=O) groups is 1. The van der Waals surface area contributed by atoms with E-state index in [1.807, 2.05) is 69.0 Å². The van der Waals surface area contributed by atoms with Gasteiger partial charge in [-0.1, -0.05) is 11.6 Å². The normalized spacial score (nSPS) is 15.3. The number of pyridine rings is 2. The Balaban J connectivity index is 1.49. The Morgan fingerprint density at radius 3 is 2.68 bits per heavy atom. The fraction of sp³-hybridized carbons (Fsp3) is 0.379. The van der Waals surface area contributed by atoms with Crippen LogP contribution in [0, 0.1) is 20.8 Å². The molecule has 0 aliphatic carbocycles. The number of hydrogen-bond acceptors (Lipinski definition) is 6. The van der Waals surface area contributed by atoms with Gasteiger partial charge >= 0.3 is 0 Å². The lowest BCUT2D eigenvalue weighted by molar-refractivity contribution is 0.0787. The lowest BCUT2D eigenvalue weighted by Crippen LogP contribution is -2.27. The number of benzene rings is 1. The molecule has 8 heteroatoms. The zero-order valence-corrected chi connectivity index (χ0v) is 22.3. The first-order chi connectivity index (χ1) is 17.8. The molecule has 1 aromatic carbocycles. The molecule has 2 N–H and O–H groups in total. The molecule has 0 saturated carbocycles. The van der Waals surface area contributed by atoms with E-state index in [4.69, 9.17) is 9.97 Å². The van der Waals surface area contributed by atoms with E-state index >= 15 is 0 Å². The van der Waals surface area contributed by atoms with Crippen molar-refractivity contribution in [1.29, 1.82) is 0 Å². The van der Waals surface area contributed by atoms with Crippen LogP contribution in [0.2, 0.25) is 0 Å². The summed E-state index contributed by atoms with van der Waals surface area (Å²) in [4.78, 5) is 25.3. The van der Waals surface area contributed by atoms with Gasteiger partial charge < -0.3 is 15.5 Å². The van der Waals surface area contributed by atoms with Gasteiger partial charge in [0.05, 0.1) is 40.0 Å². The highest BCUT2D eigenvalue weighted by Crippen LogP contribution is 2.28. The van der Waals surface area contributed by atoms with Crippen LogP contribution in [0.1, 0.15) is 46.2 Å². The van der Waals surface area contributed by atoms with Crippen molar-refractivity contribution in [2.45, 2.75) is 53.2 Å². The minimum atomic E-state index is -0.0494. The minimum Gasteiger partial charge on any atom is -0.380 e. The molecule has 4 aromatic rings. The third-order valence-electron chi connectivity index (χ3n) is 7.22. The van der Waals surface area contributed by atoms with E-state index in [1.165, 1.54) is 0 Å². The predicted octanol–water partition coefficient (Wildman–Crippen LogP) is 4.48. The summed E-state index contributed by atoms with van der Waals surface area (Å²) in [5, 5.41) is 12.3. The van der Waals surface area contributed by atoms with Crippen molar-refractivity contribution >= 4 is 22.5 Å². The molecule has 1 atom stereocenters. The second-order valence-electron chi connectivity index (χ2n) is 9.97. The molecular weight excluding hydrogens is 462 g/mol. The summed E-state index contributed by atoms with van der Waals surface area (Å²) in [6.45, 7) is 11.4. The fourth-order valence-electron chi connectivity index (χ4n) is 4.99. The van der Waals surface area contributed by atoms with Crippen molar-refractivity contribution < 1.29 is 4.79 Å². The molecule has 1 fully saturated rings. The molecule has 1 amide bonds. The number of nitrogens with one attached hydrogen (secondary N) is 2. The molecule has 192 valence electrons. The highest BCUT2D eigenvalue weighted by atomic mass is 16.2. The second-order valence-corrected chi connectivity index (χ2v) is 9.97. The van der Waals surface area contributed by atoms with Gasteiger partial charge in [-0.25, -0.2) is 9.97 Å². The number of rotatable bonds is 7. The second kappa shape index (κ2) is 10.3. The Kier molecular flexibility index (Phi) is 6.93. The number of fused-ring (bicyclic) bond motifs is 1. The number of amides is 1. The van der Waals surface area contributed by atoms with Crippen LogP contribution in [-0.2, 0) is 13.1 Å². The van der Waals surface area contributed by atoms with Crippen LogP contribution >= 0.6 is 0 Å². The molecule has 8 nitrogen and oxygen atoms in total. The molecule has 1 saturated heterocycles. The SMILES string of the molecule is CCn1ncc(CN(C)C(=O)c2cc(-c3ccc(NC4CCNC4)c(C)n3)nc3ccc(C)cc23)c1C. The molecule has 1 aliphatic heterocycles. The Bertz CT molecular complexity index is 1450. The maximum atomic E-state index is 13.8. The van der Waals surface area contributed by atoms with E-state index in [2.05, 4.69) is 28.7 Å². The summed E-state index contributed by atoms with van der Waals surface area (Å²) in [5.41, 5.74) is 8.04. The molecule has 5 rings (SSSR count). The van der Waals surface area contributed by atoms with Crippen molar-refractivity contribution in [3.05, 3.63) is 70.7 Å². The van der Waals surface area contributed by atoms with Gasteiger partial charge in [-0.3, -0.25) is 9.48 Å². The fourth-order valence-corrected chi connectivity index (χ4v) is 4.99.